The van der Waals surface area contributed by atoms with Crippen molar-refractivity contribution in [1.82, 2.24) is 9.97 Å². The molecular formula is C14H10BrClN4. The van der Waals surface area contributed by atoms with E-state index >= 15 is 0 Å². The molecule has 0 aliphatic rings. The number of hydrogen-bond acceptors (Lipinski definition) is 4. The zero-order chi connectivity index (χ0) is 14.1. The minimum atomic E-state index is 0.159. The third kappa shape index (κ3) is 2.69. The molecule has 1 aromatic heterocycles. The number of anilines is 3. The Morgan fingerprint density at radius 1 is 1.10 bits per heavy atom. The van der Waals surface area contributed by atoms with Gasteiger partial charge in [-0.3, -0.25) is 0 Å². The number of nitrogen functional groups attached to an aromatic ring is 1. The van der Waals surface area contributed by atoms with Gasteiger partial charge in [-0.1, -0.05) is 28.1 Å². The van der Waals surface area contributed by atoms with Crippen molar-refractivity contribution in [1.29, 1.82) is 0 Å². The van der Waals surface area contributed by atoms with Crippen LogP contribution in [-0.2, 0) is 0 Å². The van der Waals surface area contributed by atoms with Crippen molar-refractivity contribution < 1.29 is 0 Å². The molecule has 0 unspecified atom stereocenters. The van der Waals surface area contributed by atoms with Crippen LogP contribution in [0.15, 0.2) is 47.1 Å². The topological polar surface area (TPSA) is 63.8 Å². The molecule has 3 rings (SSSR count). The van der Waals surface area contributed by atoms with E-state index in [1.807, 2.05) is 30.3 Å². The normalized spacial score (nSPS) is 10.7. The molecule has 0 aliphatic carbocycles. The summed E-state index contributed by atoms with van der Waals surface area (Å²) in [5.74, 6) is 0.501. The van der Waals surface area contributed by atoms with Gasteiger partial charge in [-0.25, -0.2) is 4.98 Å². The summed E-state index contributed by atoms with van der Waals surface area (Å²) in [5.41, 5.74) is 7.16. The number of fused-ring (bicyclic) bond motifs is 1. The lowest BCUT2D eigenvalue weighted by Gasteiger charge is -2.09. The first-order chi connectivity index (χ1) is 9.61. The summed E-state index contributed by atoms with van der Waals surface area (Å²) in [4.78, 5) is 7.90. The fourth-order valence-electron chi connectivity index (χ4n) is 1.90. The molecule has 0 fully saturated rings. The molecule has 0 atom stereocenters. The molecule has 0 saturated carbocycles. The van der Waals surface area contributed by atoms with Crippen molar-refractivity contribution in [3.8, 4) is 0 Å². The highest BCUT2D eigenvalue weighted by atomic mass is 79.9. The first-order valence-corrected chi connectivity index (χ1v) is 7.03. The minimum Gasteiger partial charge on any atom is -0.394 e. The van der Waals surface area contributed by atoms with Crippen LogP contribution in [0.3, 0.4) is 0 Å². The van der Waals surface area contributed by atoms with Crippen molar-refractivity contribution in [3.05, 3.63) is 52.4 Å². The van der Waals surface area contributed by atoms with Gasteiger partial charge in [0.25, 0.3) is 0 Å². The third-order valence-electron chi connectivity index (χ3n) is 2.85. The lowest BCUT2D eigenvalue weighted by molar-refractivity contribution is 1.17. The van der Waals surface area contributed by atoms with Crippen LogP contribution in [-0.4, -0.2) is 9.97 Å². The summed E-state index contributed by atoms with van der Waals surface area (Å²) in [7, 11) is 0. The highest BCUT2D eigenvalue weighted by molar-refractivity contribution is 9.10. The zero-order valence-corrected chi connectivity index (χ0v) is 12.6. The summed E-state index contributed by atoms with van der Waals surface area (Å²) >= 11 is 9.23. The molecule has 100 valence electrons. The molecule has 6 heteroatoms. The minimum absolute atomic E-state index is 0.159. The van der Waals surface area contributed by atoms with E-state index < -0.39 is 0 Å². The average Bonchev–Trinajstić information content (AvgIpc) is 2.43. The van der Waals surface area contributed by atoms with E-state index in [4.69, 9.17) is 17.3 Å². The van der Waals surface area contributed by atoms with Crippen LogP contribution in [0.1, 0.15) is 0 Å². The molecule has 0 saturated heterocycles. The molecule has 3 N–H and O–H groups in total. The van der Waals surface area contributed by atoms with Gasteiger partial charge in [-0.15, -0.1) is 0 Å². The third-order valence-corrected chi connectivity index (χ3v) is 3.53. The molecular weight excluding hydrogens is 340 g/mol. The second-order valence-corrected chi connectivity index (χ2v) is 5.53. The van der Waals surface area contributed by atoms with Crippen LogP contribution in [0.2, 0.25) is 5.28 Å². The predicted molar refractivity (Wildman–Crippen MR) is 86.4 cm³/mol. The lowest BCUT2D eigenvalue weighted by atomic mass is 10.1. The lowest BCUT2D eigenvalue weighted by Crippen LogP contribution is -2.00. The Bertz CT molecular complexity index is 791. The summed E-state index contributed by atoms with van der Waals surface area (Å²) < 4.78 is 1.05. The maximum absolute atomic E-state index is 5.82. The first kappa shape index (κ1) is 13.1. The van der Waals surface area contributed by atoms with Crippen molar-refractivity contribution in [2.24, 2.45) is 0 Å². The van der Waals surface area contributed by atoms with Gasteiger partial charge in [0.2, 0.25) is 5.28 Å². The molecule has 0 bridgehead atoms. The quantitative estimate of drug-likeness (QED) is 0.674. The van der Waals surface area contributed by atoms with Gasteiger partial charge in [-0.2, -0.15) is 4.98 Å². The van der Waals surface area contributed by atoms with Gasteiger partial charge in [0.15, 0.2) is 5.82 Å². The molecule has 0 amide bonds. The van der Waals surface area contributed by atoms with E-state index in [0.717, 1.165) is 20.9 Å². The van der Waals surface area contributed by atoms with E-state index in [1.54, 1.807) is 0 Å². The van der Waals surface area contributed by atoms with E-state index in [1.165, 1.54) is 6.20 Å². The molecule has 3 aromatic rings. The van der Waals surface area contributed by atoms with Crippen LogP contribution >= 0.6 is 27.5 Å². The number of rotatable bonds is 2. The van der Waals surface area contributed by atoms with Gasteiger partial charge in [-0.05, 0) is 46.6 Å². The fraction of sp³-hybridized carbons (Fsp3) is 0. The van der Waals surface area contributed by atoms with Gasteiger partial charge < -0.3 is 11.1 Å². The summed E-state index contributed by atoms with van der Waals surface area (Å²) in [6, 6.07) is 12.1. The van der Waals surface area contributed by atoms with Crippen LogP contribution in [0, 0.1) is 0 Å². The smallest absolute Gasteiger partial charge is 0.224 e. The Balaban J connectivity index is 1.98. The number of nitrogens with one attached hydrogen (secondary N) is 1. The van der Waals surface area contributed by atoms with Gasteiger partial charge >= 0.3 is 0 Å². The Morgan fingerprint density at radius 3 is 2.70 bits per heavy atom. The van der Waals surface area contributed by atoms with E-state index in [0.29, 0.717) is 11.5 Å². The number of hydrogen-bond donors (Lipinski definition) is 2. The monoisotopic (exact) mass is 348 g/mol. The highest BCUT2D eigenvalue weighted by Gasteiger charge is 2.04. The van der Waals surface area contributed by atoms with Crippen molar-refractivity contribution in [2.45, 2.75) is 0 Å². The van der Waals surface area contributed by atoms with Gasteiger partial charge in [0.1, 0.15) is 0 Å². The Hall–Kier alpha value is -1.85. The second-order valence-electron chi connectivity index (χ2n) is 4.27. The van der Waals surface area contributed by atoms with E-state index in [-0.39, 0.29) is 5.28 Å². The van der Waals surface area contributed by atoms with E-state index in [2.05, 4.69) is 37.3 Å². The number of nitrogens with zero attached hydrogens (tertiary/aromatic N) is 2. The molecule has 0 aliphatic heterocycles. The highest BCUT2D eigenvalue weighted by Crippen LogP contribution is 2.26. The maximum atomic E-state index is 5.82. The largest absolute Gasteiger partial charge is 0.394 e. The summed E-state index contributed by atoms with van der Waals surface area (Å²) in [6.07, 6.45) is 1.48. The van der Waals surface area contributed by atoms with Gasteiger partial charge in [0, 0.05) is 10.2 Å². The summed E-state index contributed by atoms with van der Waals surface area (Å²) in [6.45, 7) is 0. The SMILES string of the molecule is Nc1cnc(Cl)nc1Nc1ccc2cc(Br)ccc2c1. The molecule has 0 spiro atoms. The van der Waals surface area contributed by atoms with Crippen molar-refractivity contribution >= 4 is 55.5 Å². The summed E-state index contributed by atoms with van der Waals surface area (Å²) in [5, 5.41) is 5.58. The molecule has 20 heavy (non-hydrogen) atoms. The van der Waals surface area contributed by atoms with Crippen molar-refractivity contribution in [3.63, 3.8) is 0 Å². The number of benzene rings is 2. The molecule has 4 nitrogen and oxygen atoms in total. The Kier molecular flexibility index (Phi) is 3.46. The Labute approximate surface area is 129 Å². The number of aromatic nitrogens is 2. The standard InChI is InChI=1S/C14H10BrClN4/c15-10-3-1-9-6-11(4-2-8(9)5-10)19-13-12(17)7-18-14(16)20-13/h1-7H,17H2,(H,18,19,20). The number of nitrogens with two attached hydrogens (primary N) is 1. The van der Waals surface area contributed by atoms with E-state index in [9.17, 15) is 0 Å². The van der Waals surface area contributed by atoms with Crippen LogP contribution in [0.25, 0.3) is 10.8 Å². The molecule has 2 aromatic carbocycles. The van der Waals surface area contributed by atoms with Gasteiger partial charge in [0.05, 0.1) is 11.9 Å². The zero-order valence-electron chi connectivity index (χ0n) is 10.3. The predicted octanol–water partition coefficient (Wildman–Crippen LogP) is 4.37. The molecule has 1 heterocycles. The number of halogens is 2. The van der Waals surface area contributed by atoms with Crippen LogP contribution in [0.4, 0.5) is 17.2 Å². The van der Waals surface area contributed by atoms with Crippen molar-refractivity contribution in [2.75, 3.05) is 11.1 Å². The average molecular weight is 350 g/mol. The fourth-order valence-corrected chi connectivity index (χ4v) is 2.41. The van der Waals surface area contributed by atoms with Crippen LogP contribution in [0.5, 0.6) is 0 Å². The first-order valence-electron chi connectivity index (χ1n) is 5.86. The second kappa shape index (κ2) is 5.26. The maximum Gasteiger partial charge on any atom is 0.224 e. The Morgan fingerprint density at radius 2 is 1.85 bits per heavy atom. The molecule has 0 radical (unpaired) electrons. The van der Waals surface area contributed by atoms with Crippen LogP contribution < -0.4 is 11.1 Å².